The third-order valence-corrected chi connectivity index (χ3v) is 3.98. The van der Waals surface area contributed by atoms with Gasteiger partial charge in [-0.3, -0.25) is 9.48 Å². The summed E-state index contributed by atoms with van der Waals surface area (Å²) in [4.78, 5) is 18.7. The van der Waals surface area contributed by atoms with E-state index in [9.17, 15) is 4.79 Å². The maximum atomic E-state index is 12.6. The summed E-state index contributed by atoms with van der Waals surface area (Å²) in [6, 6.07) is 1.84. The van der Waals surface area contributed by atoms with E-state index in [-0.39, 0.29) is 5.91 Å². The minimum absolute atomic E-state index is 0.0163. The molecule has 0 saturated carbocycles. The summed E-state index contributed by atoms with van der Waals surface area (Å²) in [5.41, 5.74) is 1.50. The number of carbonyl (C=O) groups excluding carboxylic acids is 1. The van der Waals surface area contributed by atoms with Gasteiger partial charge in [0.25, 0.3) is 5.91 Å². The first-order chi connectivity index (χ1) is 9.61. The molecule has 0 aliphatic rings. The van der Waals surface area contributed by atoms with Crippen molar-refractivity contribution in [2.24, 2.45) is 7.05 Å². The molecule has 0 aliphatic carbocycles. The molecule has 2 aromatic heterocycles. The molecule has 5 nitrogen and oxygen atoms in total. The fraction of sp³-hybridized carbons (Fsp3) is 0.500. The number of hydrogen-bond acceptors (Lipinski definition) is 4. The molecule has 20 heavy (non-hydrogen) atoms. The van der Waals surface area contributed by atoms with Gasteiger partial charge in [-0.15, -0.1) is 11.3 Å². The van der Waals surface area contributed by atoms with Gasteiger partial charge in [0.15, 0.2) is 5.69 Å². The van der Waals surface area contributed by atoms with Crippen molar-refractivity contribution in [3.05, 3.63) is 34.0 Å². The topological polar surface area (TPSA) is 51.0 Å². The molecule has 0 bridgehead atoms. The maximum absolute atomic E-state index is 12.6. The number of aryl methyl sites for hydroxylation is 2. The van der Waals surface area contributed by atoms with Crippen molar-refractivity contribution in [1.29, 1.82) is 0 Å². The molecule has 0 saturated heterocycles. The maximum Gasteiger partial charge on any atom is 0.274 e. The van der Waals surface area contributed by atoms with Crippen LogP contribution in [0.4, 0.5) is 0 Å². The molecule has 0 fully saturated rings. The van der Waals surface area contributed by atoms with Crippen LogP contribution < -0.4 is 0 Å². The van der Waals surface area contributed by atoms with Crippen LogP contribution in [0, 0.1) is 6.92 Å². The Labute approximate surface area is 123 Å². The smallest absolute Gasteiger partial charge is 0.274 e. The Bertz CT molecular complexity index is 542. The van der Waals surface area contributed by atoms with Gasteiger partial charge in [-0.2, -0.15) is 5.10 Å². The number of carbonyl (C=O) groups is 1. The number of unbranched alkanes of at least 4 members (excludes halogenated alkanes) is 1. The summed E-state index contributed by atoms with van der Waals surface area (Å²) in [5.74, 6) is -0.0163. The molecule has 2 heterocycles. The Kier molecular flexibility index (Phi) is 4.89. The number of amides is 1. The number of hydrogen-bond donors (Lipinski definition) is 0. The van der Waals surface area contributed by atoms with E-state index in [1.54, 1.807) is 22.2 Å². The molecule has 6 heteroatoms. The zero-order chi connectivity index (χ0) is 14.5. The van der Waals surface area contributed by atoms with E-state index in [0.717, 1.165) is 30.1 Å². The van der Waals surface area contributed by atoms with Crippen LogP contribution in [0.3, 0.4) is 0 Å². The second-order valence-corrected chi connectivity index (χ2v) is 5.78. The highest BCUT2D eigenvalue weighted by atomic mass is 32.1. The summed E-state index contributed by atoms with van der Waals surface area (Å²) >= 11 is 1.58. The Morgan fingerprint density at radius 2 is 2.30 bits per heavy atom. The Morgan fingerprint density at radius 3 is 2.85 bits per heavy atom. The Balaban J connectivity index is 2.14. The van der Waals surface area contributed by atoms with Crippen LogP contribution >= 0.6 is 11.3 Å². The fourth-order valence-electron chi connectivity index (χ4n) is 1.92. The lowest BCUT2D eigenvalue weighted by atomic mass is 10.2. The molecule has 0 radical (unpaired) electrons. The second kappa shape index (κ2) is 6.65. The van der Waals surface area contributed by atoms with E-state index in [1.807, 2.05) is 30.3 Å². The van der Waals surface area contributed by atoms with Crippen molar-refractivity contribution < 1.29 is 4.79 Å². The van der Waals surface area contributed by atoms with Crippen molar-refractivity contribution in [2.75, 3.05) is 6.54 Å². The quantitative estimate of drug-likeness (QED) is 0.822. The second-order valence-electron chi connectivity index (χ2n) is 4.80. The van der Waals surface area contributed by atoms with E-state index in [1.165, 1.54) is 0 Å². The van der Waals surface area contributed by atoms with Crippen LogP contribution in [-0.4, -0.2) is 32.1 Å². The molecule has 108 valence electrons. The van der Waals surface area contributed by atoms with Crippen LogP contribution in [-0.2, 0) is 13.6 Å². The van der Waals surface area contributed by atoms with Gasteiger partial charge in [0.2, 0.25) is 0 Å². The van der Waals surface area contributed by atoms with Gasteiger partial charge in [-0.1, -0.05) is 13.3 Å². The van der Waals surface area contributed by atoms with Crippen molar-refractivity contribution in [1.82, 2.24) is 19.7 Å². The normalized spacial score (nSPS) is 10.8. The third-order valence-electron chi connectivity index (χ3n) is 3.21. The average molecular weight is 292 g/mol. The van der Waals surface area contributed by atoms with Gasteiger partial charge >= 0.3 is 0 Å². The van der Waals surface area contributed by atoms with Crippen LogP contribution in [0.15, 0.2) is 17.6 Å². The Morgan fingerprint density at radius 1 is 1.50 bits per heavy atom. The van der Waals surface area contributed by atoms with E-state index in [2.05, 4.69) is 17.0 Å². The number of thiazole rings is 1. The average Bonchev–Trinajstić information content (AvgIpc) is 3.05. The minimum Gasteiger partial charge on any atom is -0.330 e. The first-order valence-electron chi connectivity index (χ1n) is 6.80. The zero-order valence-corrected chi connectivity index (χ0v) is 13.0. The molecule has 0 unspecified atom stereocenters. The number of aromatic nitrogens is 3. The lowest BCUT2D eigenvalue weighted by Gasteiger charge is -2.20. The zero-order valence-electron chi connectivity index (χ0n) is 12.2. The van der Waals surface area contributed by atoms with Gasteiger partial charge < -0.3 is 4.90 Å². The molecule has 2 rings (SSSR count). The highest BCUT2D eigenvalue weighted by Crippen LogP contribution is 2.13. The minimum atomic E-state index is -0.0163. The molecular weight excluding hydrogens is 272 g/mol. The van der Waals surface area contributed by atoms with Crippen molar-refractivity contribution in [2.45, 2.75) is 33.2 Å². The van der Waals surface area contributed by atoms with Crippen molar-refractivity contribution in [3.63, 3.8) is 0 Å². The molecule has 1 amide bonds. The van der Waals surface area contributed by atoms with Gasteiger partial charge in [-0.05, 0) is 19.4 Å². The SMILES string of the molecule is CCCCN(Cc1nccs1)C(=O)c1cc(C)n(C)n1. The standard InChI is InChI=1S/C14H20N4OS/c1-4-5-7-18(10-13-15-6-8-20-13)14(19)12-9-11(2)17(3)16-12/h6,8-9H,4-5,7,10H2,1-3H3. The third kappa shape index (κ3) is 3.45. The van der Waals surface area contributed by atoms with Crippen molar-refractivity contribution in [3.8, 4) is 0 Å². The van der Waals surface area contributed by atoms with E-state index in [4.69, 9.17) is 0 Å². The summed E-state index contributed by atoms with van der Waals surface area (Å²) in [7, 11) is 1.85. The monoisotopic (exact) mass is 292 g/mol. The molecule has 0 aromatic carbocycles. The van der Waals surface area contributed by atoms with E-state index < -0.39 is 0 Å². The lowest BCUT2D eigenvalue weighted by Crippen LogP contribution is -2.31. The first-order valence-corrected chi connectivity index (χ1v) is 7.68. The van der Waals surface area contributed by atoms with Crippen LogP contribution in [0.25, 0.3) is 0 Å². The van der Waals surface area contributed by atoms with Crippen LogP contribution in [0.2, 0.25) is 0 Å². The molecular formula is C14H20N4OS. The first kappa shape index (κ1) is 14.7. The molecule has 0 spiro atoms. The van der Waals surface area contributed by atoms with Crippen LogP contribution in [0.5, 0.6) is 0 Å². The van der Waals surface area contributed by atoms with Gasteiger partial charge in [0.1, 0.15) is 5.01 Å². The predicted octanol–water partition coefficient (Wildman–Crippen LogP) is 2.63. The van der Waals surface area contributed by atoms with Gasteiger partial charge in [0.05, 0.1) is 6.54 Å². The fourth-order valence-corrected chi connectivity index (χ4v) is 2.55. The number of nitrogens with zero attached hydrogens (tertiary/aromatic N) is 4. The van der Waals surface area contributed by atoms with Gasteiger partial charge in [-0.25, -0.2) is 4.98 Å². The molecule has 2 aromatic rings. The summed E-state index contributed by atoms with van der Waals surface area (Å²) in [5, 5.41) is 7.17. The van der Waals surface area contributed by atoms with E-state index >= 15 is 0 Å². The Hall–Kier alpha value is -1.69. The lowest BCUT2D eigenvalue weighted by molar-refractivity contribution is 0.0734. The highest BCUT2D eigenvalue weighted by molar-refractivity contribution is 7.09. The summed E-state index contributed by atoms with van der Waals surface area (Å²) < 4.78 is 1.73. The predicted molar refractivity (Wildman–Crippen MR) is 79.7 cm³/mol. The summed E-state index contributed by atoms with van der Waals surface area (Å²) in [6.45, 7) is 5.37. The highest BCUT2D eigenvalue weighted by Gasteiger charge is 2.19. The number of rotatable bonds is 6. The van der Waals surface area contributed by atoms with Gasteiger partial charge in [0, 0.05) is 30.9 Å². The molecule has 0 aliphatic heterocycles. The largest absolute Gasteiger partial charge is 0.330 e. The van der Waals surface area contributed by atoms with E-state index in [0.29, 0.717) is 12.2 Å². The molecule has 0 N–H and O–H groups in total. The van der Waals surface area contributed by atoms with Crippen LogP contribution in [0.1, 0.15) is 41.0 Å². The molecule has 0 atom stereocenters. The van der Waals surface area contributed by atoms with Crippen molar-refractivity contribution >= 4 is 17.2 Å². The summed E-state index contributed by atoms with van der Waals surface area (Å²) in [6.07, 6.45) is 3.82.